The van der Waals surface area contributed by atoms with E-state index >= 15 is 0 Å². The molecule has 5 nitrogen and oxygen atoms in total. The minimum Gasteiger partial charge on any atom is -0.378 e. The number of amides is 1. The number of carbonyl (C=O) groups is 1. The van der Waals surface area contributed by atoms with Gasteiger partial charge in [0.05, 0.1) is 12.5 Å². The lowest BCUT2D eigenvalue weighted by Crippen LogP contribution is -2.37. The van der Waals surface area contributed by atoms with Crippen LogP contribution in [0.1, 0.15) is 30.5 Å². The lowest BCUT2D eigenvalue weighted by molar-refractivity contribution is -0.134. The van der Waals surface area contributed by atoms with E-state index in [-0.39, 0.29) is 12.0 Å². The van der Waals surface area contributed by atoms with Gasteiger partial charge < -0.3 is 9.64 Å². The summed E-state index contributed by atoms with van der Waals surface area (Å²) in [5.74, 6) is 0.198. The quantitative estimate of drug-likeness (QED) is 0.851. The predicted octanol–water partition coefficient (Wildman–Crippen LogP) is 2.08. The molecule has 0 aliphatic carbocycles. The fourth-order valence-electron chi connectivity index (χ4n) is 3.31. The summed E-state index contributed by atoms with van der Waals surface area (Å²) in [6.07, 6.45) is 5.28. The van der Waals surface area contributed by atoms with E-state index < -0.39 is 0 Å². The second-order valence-electron chi connectivity index (χ2n) is 6.05. The largest absolute Gasteiger partial charge is 0.378 e. The molecule has 2 aliphatic heterocycles. The number of pyridine rings is 2. The van der Waals surface area contributed by atoms with E-state index in [0.29, 0.717) is 13.0 Å². The van der Waals surface area contributed by atoms with Crippen LogP contribution in [0.25, 0.3) is 11.0 Å². The van der Waals surface area contributed by atoms with Crippen LogP contribution in [0.2, 0.25) is 0 Å². The molecule has 0 aromatic carbocycles. The normalized spacial score (nSPS) is 21.1. The molecule has 4 rings (SSSR count). The number of hydrogen-bond acceptors (Lipinski definition) is 4. The SMILES string of the molecule is O=C(CC1CCCO1)N1CCc2nc3ncccc3cc2C1. The third kappa shape index (κ3) is 2.57. The van der Waals surface area contributed by atoms with Gasteiger partial charge in [-0.05, 0) is 36.6 Å². The van der Waals surface area contributed by atoms with Crippen LogP contribution in [0.3, 0.4) is 0 Å². The number of fused-ring (bicyclic) bond motifs is 2. The molecule has 1 saturated heterocycles. The summed E-state index contributed by atoms with van der Waals surface area (Å²) in [5, 5.41) is 1.04. The molecular weight excluding hydrogens is 278 g/mol. The number of carbonyl (C=O) groups excluding carboxylic acids is 1. The highest BCUT2D eigenvalue weighted by Crippen LogP contribution is 2.23. The number of ether oxygens (including phenoxy) is 1. The van der Waals surface area contributed by atoms with E-state index in [9.17, 15) is 4.79 Å². The summed E-state index contributed by atoms with van der Waals surface area (Å²) < 4.78 is 5.57. The molecule has 2 aliphatic rings. The highest BCUT2D eigenvalue weighted by Gasteiger charge is 2.26. The maximum absolute atomic E-state index is 12.4. The molecule has 0 saturated carbocycles. The Balaban J connectivity index is 1.52. The van der Waals surface area contributed by atoms with Crippen molar-refractivity contribution in [2.75, 3.05) is 13.2 Å². The molecular formula is C17H19N3O2. The zero-order valence-corrected chi connectivity index (χ0v) is 12.5. The van der Waals surface area contributed by atoms with Gasteiger partial charge in [-0.2, -0.15) is 0 Å². The first-order chi connectivity index (χ1) is 10.8. The van der Waals surface area contributed by atoms with Crippen molar-refractivity contribution in [2.24, 2.45) is 0 Å². The highest BCUT2D eigenvalue weighted by molar-refractivity contribution is 5.78. The summed E-state index contributed by atoms with van der Waals surface area (Å²) in [6.45, 7) is 2.19. The van der Waals surface area contributed by atoms with Crippen LogP contribution < -0.4 is 0 Å². The van der Waals surface area contributed by atoms with Gasteiger partial charge in [0.25, 0.3) is 0 Å². The summed E-state index contributed by atoms with van der Waals surface area (Å²) >= 11 is 0. The summed E-state index contributed by atoms with van der Waals surface area (Å²) in [6, 6.07) is 6.05. The highest BCUT2D eigenvalue weighted by atomic mass is 16.5. The van der Waals surface area contributed by atoms with Crippen LogP contribution in [-0.4, -0.2) is 40.0 Å². The van der Waals surface area contributed by atoms with Crippen molar-refractivity contribution in [3.8, 4) is 0 Å². The van der Waals surface area contributed by atoms with Gasteiger partial charge in [-0.3, -0.25) is 4.79 Å². The second kappa shape index (κ2) is 5.65. The van der Waals surface area contributed by atoms with Gasteiger partial charge in [0.2, 0.25) is 5.91 Å². The summed E-state index contributed by atoms with van der Waals surface area (Å²) in [7, 11) is 0. The van der Waals surface area contributed by atoms with Crippen molar-refractivity contribution in [3.63, 3.8) is 0 Å². The second-order valence-corrected chi connectivity index (χ2v) is 6.05. The fraction of sp³-hybridized carbons (Fsp3) is 0.471. The van der Waals surface area contributed by atoms with E-state index in [0.717, 1.165) is 54.7 Å². The standard InChI is InChI=1S/C17H19N3O2/c21-16(10-14-4-2-8-22-14)20-7-5-15-13(11-20)9-12-3-1-6-18-17(12)19-15/h1,3,6,9,14H,2,4-5,7-8,10-11H2. The molecule has 0 radical (unpaired) electrons. The summed E-state index contributed by atoms with van der Waals surface area (Å²) in [5.41, 5.74) is 3.01. The molecule has 0 bridgehead atoms. The first-order valence-electron chi connectivity index (χ1n) is 7.92. The number of nitrogens with zero attached hydrogens (tertiary/aromatic N) is 3. The van der Waals surface area contributed by atoms with Gasteiger partial charge in [-0.15, -0.1) is 0 Å². The minimum absolute atomic E-state index is 0.118. The Labute approximate surface area is 129 Å². The maximum Gasteiger partial charge on any atom is 0.225 e. The molecule has 1 fully saturated rings. The van der Waals surface area contributed by atoms with Crippen molar-refractivity contribution in [2.45, 2.75) is 38.3 Å². The first-order valence-corrected chi connectivity index (χ1v) is 7.92. The van der Waals surface area contributed by atoms with Gasteiger partial charge in [-0.25, -0.2) is 9.97 Å². The minimum atomic E-state index is 0.118. The number of aromatic nitrogens is 2. The van der Waals surface area contributed by atoms with Gasteiger partial charge >= 0.3 is 0 Å². The molecule has 22 heavy (non-hydrogen) atoms. The number of rotatable bonds is 2. The predicted molar refractivity (Wildman–Crippen MR) is 82.3 cm³/mol. The topological polar surface area (TPSA) is 55.3 Å². The third-order valence-electron chi connectivity index (χ3n) is 4.52. The van der Waals surface area contributed by atoms with Crippen LogP contribution in [0.5, 0.6) is 0 Å². The van der Waals surface area contributed by atoms with E-state index in [4.69, 9.17) is 4.74 Å². The van der Waals surface area contributed by atoms with Crippen molar-refractivity contribution in [1.82, 2.24) is 14.9 Å². The Bertz CT molecular complexity index is 710. The van der Waals surface area contributed by atoms with Crippen LogP contribution in [-0.2, 0) is 22.5 Å². The molecule has 5 heteroatoms. The van der Waals surface area contributed by atoms with Gasteiger partial charge in [0.15, 0.2) is 5.65 Å². The molecule has 1 unspecified atom stereocenters. The average Bonchev–Trinajstić information content (AvgIpc) is 3.05. The van der Waals surface area contributed by atoms with Crippen molar-refractivity contribution in [3.05, 3.63) is 35.7 Å². The molecule has 1 atom stereocenters. The fourth-order valence-corrected chi connectivity index (χ4v) is 3.31. The van der Waals surface area contributed by atoms with Gasteiger partial charge in [0, 0.05) is 43.4 Å². The molecule has 2 aromatic heterocycles. The van der Waals surface area contributed by atoms with Gasteiger partial charge in [0.1, 0.15) is 0 Å². The zero-order valence-electron chi connectivity index (χ0n) is 12.5. The van der Waals surface area contributed by atoms with Crippen molar-refractivity contribution < 1.29 is 9.53 Å². The Hall–Kier alpha value is -2.01. The van der Waals surface area contributed by atoms with Crippen LogP contribution in [0.4, 0.5) is 0 Å². The van der Waals surface area contributed by atoms with E-state index in [1.54, 1.807) is 6.20 Å². The third-order valence-corrected chi connectivity index (χ3v) is 4.52. The molecule has 2 aromatic rings. The molecule has 0 N–H and O–H groups in total. The van der Waals surface area contributed by atoms with E-state index in [1.807, 2.05) is 17.0 Å². The van der Waals surface area contributed by atoms with Crippen molar-refractivity contribution in [1.29, 1.82) is 0 Å². The van der Waals surface area contributed by atoms with Crippen LogP contribution >= 0.6 is 0 Å². The Morgan fingerprint density at radius 2 is 2.41 bits per heavy atom. The Morgan fingerprint density at radius 3 is 3.27 bits per heavy atom. The maximum atomic E-state index is 12.4. The first kappa shape index (κ1) is 13.6. The molecule has 114 valence electrons. The Morgan fingerprint density at radius 1 is 1.45 bits per heavy atom. The molecule has 1 amide bonds. The molecule has 0 spiro atoms. The Kier molecular flexibility index (Phi) is 3.50. The van der Waals surface area contributed by atoms with Crippen LogP contribution in [0.15, 0.2) is 24.4 Å². The van der Waals surface area contributed by atoms with Gasteiger partial charge in [-0.1, -0.05) is 0 Å². The van der Waals surface area contributed by atoms with E-state index in [1.165, 1.54) is 0 Å². The number of hydrogen-bond donors (Lipinski definition) is 0. The molecule has 4 heterocycles. The lowest BCUT2D eigenvalue weighted by atomic mass is 10.0. The summed E-state index contributed by atoms with van der Waals surface area (Å²) in [4.78, 5) is 23.3. The zero-order chi connectivity index (χ0) is 14.9. The average molecular weight is 297 g/mol. The van der Waals surface area contributed by atoms with E-state index in [2.05, 4.69) is 16.0 Å². The monoisotopic (exact) mass is 297 g/mol. The lowest BCUT2D eigenvalue weighted by Gasteiger charge is -2.29. The smallest absolute Gasteiger partial charge is 0.225 e. The van der Waals surface area contributed by atoms with Crippen LogP contribution in [0, 0.1) is 0 Å². The van der Waals surface area contributed by atoms with Crippen molar-refractivity contribution >= 4 is 16.9 Å².